The highest BCUT2D eigenvalue weighted by atomic mass is 32.2. The molecule has 0 aromatic heterocycles. The fraction of sp³-hybridized carbons (Fsp3) is 0.533. The quantitative estimate of drug-likeness (QED) is 0.398. The zero-order chi connectivity index (χ0) is 24.6. The van der Waals surface area contributed by atoms with E-state index in [0.29, 0.717) is 17.7 Å². The lowest BCUT2D eigenvalue weighted by Crippen LogP contribution is -2.63. The van der Waals surface area contributed by atoms with Crippen molar-refractivity contribution in [3.8, 4) is 5.75 Å². The molecule has 182 valence electrons. The van der Waals surface area contributed by atoms with Crippen molar-refractivity contribution in [2.75, 3.05) is 6.61 Å². The summed E-state index contributed by atoms with van der Waals surface area (Å²) in [5, 5.41) is -13.7. The molecule has 2 N–H and O–H groups in total. The van der Waals surface area contributed by atoms with Crippen LogP contribution in [0.1, 0.15) is 29.6 Å². The van der Waals surface area contributed by atoms with Crippen LogP contribution in [0.3, 0.4) is 0 Å². The number of hydrogen-bond acceptors (Lipinski definition) is 7. The van der Waals surface area contributed by atoms with E-state index in [9.17, 15) is 48.0 Å². The van der Waals surface area contributed by atoms with E-state index in [1.165, 1.54) is 0 Å². The highest BCUT2D eigenvalue weighted by Crippen LogP contribution is 2.50. The molecule has 1 aromatic carbocycles. The Morgan fingerprint density at radius 2 is 1.56 bits per heavy atom. The van der Waals surface area contributed by atoms with Crippen molar-refractivity contribution in [3.05, 3.63) is 29.8 Å². The standard InChI is InChI=1S/C15H15F6NO8S2/c16-13(17,15(20,21)32(26,27)28)14(18,19)31(24,25)22-12(23)9-4-6-10(7-5-9)30-11-3-1-2-8-29-11/h4-7,11H,1-3,8H2,(H,22,23)(H,26,27,28). The van der Waals surface area contributed by atoms with Crippen molar-refractivity contribution in [2.24, 2.45) is 0 Å². The average Bonchev–Trinajstić information content (AvgIpc) is 2.67. The molecule has 17 heteroatoms. The lowest BCUT2D eigenvalue weighted by Gasteiger charge is -2.30. The van der Waals surface area contributed by atoms with Crippen molar-refractivity contribution >= 4 is 26.0 Å². The number of amides is 1. The van der Waals surface area contributed by atoms with Crippen LogP contribution in [-0.4, -0.2) is 56.6 Å². The summed E-state index contributed by atoms with van der Waals surface area (Å²) in [6.45, 7) is 0.443. The molecule has 1 amide bonds. The van der Waals surface area contributed by atoms with Gasteiger partial charge in [0.15, 0.2) is 6.29 Å². The second-order valence-corrected chi connectivity index (χ2v) is 9.64. The van der Waals surface area contributed by atoms with Crippen LogP contribution < -0.4 is 9.46 Å². The maximum absolute atomic E-state index is 13.8. The second-order valence-electron chi connectivity index (χ2n) is 6.46. The topological polar surface area (TPSA) is 136 Å². The Hall–Kier alpha value is -2.11. The van der Waals surface area contributed by atoms with Crippen LogP contribution in [0.2, 0.25) is 0 Å². The van der Waals surface area contributed by atoms with Gasteiger partial charge in [0.25, 0.3) is 5.91 Å². The predicted octanol–water partition coefficient (Wildman–Crippen LogP) is 2.36. The van der Waals surface area contributed by atoms with Crippen LogP contribution in [0.15, 0.2) is 24.3 Å². The minimum absolute atomic E-state index is 0.126. The second kappa shape index (κ2) is 8.68. The Bertz CT molecular complexity index is 1050. The summed E-state index contributed by atoms with van der Waals surface area (Å²) < 4.78 is 144. The van der Waals surface area contributed by atoms with Crippen LogP contribution in [0.5, 0.6) is 5.75 Å². The van der Waals surface area contributed by atoms with E-state index in [0.717, 1.165) is 37.1 Å². The molecule has 32 heavy (non-hydrogen) atoms. The number of alkyl halides is 6. The molecular weight excluding hydrogens is 500 g/mol. The summed E-state index contributed by atoms with van der Waals surface area (Å²) in [7, 11) is -14.1. The van der Waals surface area contributed by atoms with Gasteiger partial charge < -0.3 is 9.47 Å². The largest absolute Gasteiger partial charge is 0.465 e. The van der Waals surface area contributed by atoms with E-state index < -0.39 is 54.3 Å². The number of nitrogens with one attached hydrogen (secondary N) is 1. The molecule has 9 nitrogen and oxygen atoms in total. The molecule has 0 radical (unpaired) electrons. The first-order valence-corrected chi connectivity index (χ1v) is 11.4. The normalized spacial score (nSPS) is 18.8. The van der Waals surface area contributed by atoms with Gasteiger partial charge in [-0.1, -0.05) is 0 Å². The smallest absolute Gasteiger partial charge is 0.439 e. The Kier molecular flexibility index (Phi) is 7.09. The van der Waals surface area contributed by atoms with Crippen LogP contribution >= 0.6 is 0 Å². The third-order valence-electron chi connectivity index (χ3n) is 4.14. The first-order chi connectivity index (χ1) is 14.4. The van der Waals surface area contributed by atoms with E-state index in [-0.39, 0.29) is 5.75 Å². The molecule has 1 heterocycles. The van der Waals surface area contributed by atoms with Crippen LogP contribution in [0.25, 0.3) is 0 Å². The number of sulfonamides is 1. The number of rotatable bonds is 8. The fourth-order valence-corrected chi connectivity index (χ4v) is 3.86. The van der Waals surface area contributed by atoms with Gasteiger partial charge in [-0.05, 0) is 37.1 Å². The maximum atomic E-state index is 13.8. The minimum Gasteiger partial charge on any atom is -0.465 e. The number of carbonyl (C=O) groups is 1. The van der Waals surface area contributed by atoms with E-state index in [4.69, 9.17) is 14.0 Å². The summed E-state index contributed by atoms with van der Waals surface area (Å²) in [5.41, 5.74) is -0.675. The summed E-state index contributed by atoms with van der Waals surface area (Å²) in [4.78, 5) is 11.9. The number of benzene rings is 1. The molecule has 1 fully saturated rings. The molecule has 0 saturated carbocycles. The number of hydrogen-bond donors (Lipinski definition) is 2. The predicted molar refractivity (Wildman–Crippen MR) is 93.4 cm³/mol. The van der Waals surface area contributed by atoms with Gasteiger partial charge in [0.2, 0.25) is 0 Å². The zero-order valence-electron chi connectivity index (χ0n) is 15.6. The van der Waals surface area contributed by atoms with Gasteiger partial charge in [0.1, 0.15) is 5.75 Å². The molecule has 1 atom stereocenters. The van der Waals surface area contributed by atoms with Gasteiger partial charge in [-0.2, -0.15) is 43.2 Å². The minimum atomic E-state index is -7.17. The molecule has 1 aliphatic heterocycles. The molecule has 0 aliphatic carbocycles. The molecule has 1 unspecified atom stereocenters. The van der Waals surface area contributed by atoms with Crippen molar-refractivity contribution < 1.29 is 62.0 Å². The fourth-order valence-electron chi connectivity index (χ4n) is 2.39. The third kappa shape index (κ3) is 4.79. The summed E-state index contributed by atoms with van der Waals surface area (Å²) in [5.74, 6) is -8.95. The highest BCUT2D eigenvalue weighted by Gasteiger charge is 2.82. The number of ether oxygens (including phenoxy) is 2. The molecule has 2 rings (SSSR count). The van der Waals surface area contributed by atoms with Gasteiger partial charge >= 0.3 is 36.6 Å². The summed E-state index contributed by atoms with van der Waals surface area (Å²) in [6, 6.07) is 3.90. The molecule has 1 aliphatic rings. The molecule has 1 saturated heterocycles. The van der Waals surface area contributed by atoms with E-state index >= 15 is 0 Å². The number of carbonyl (C=O) groups excluding carboxylic acids is 1. The molecule has 0 spiro atoms. The van der Waals surface area contributed by atoms with Crippen molar-refractivity contribution in [1.82, 2.24) is 4.72 Å². The van der Waals surface area contributed by atoms with Crippen molar-refractivity contribution in [3.63, 3.8) is 0 Å². The first kappa shape index (κ1) is 26.1. The molecule has 0 bridgehead atoms. The van der Waals surface area contributed by atoms with Gasteiger partial charge in [-0.15, -0.1) is 0 Å². The van der Waals surface area contributed by atoms with Crippen molar-refractivity contribution in [2.45, 2.75) is 42.0 Å². The van der Waals surface area contributed by atoms with Crippen LogP contribution in [0, 0.1) is 0 Å². The Morgan fingerprint density at radius 3 is 2.03 bits per heavy atom. The van der Waals surface area contributed by atoms with E-state index in [2.05, 4.69) is 0 Å². The van der Waals surface area contributed by atoms with Crippen LogP contribution in [-0.2, 0) is 24.9 Å². The van der Waals surface area contributed by atoms with Crippen molar-refractivity contribution in [1.29, 1.82) is 0 Å². The summed E-state index contributed by atoms with van der Waals surface area (Å²) >= 11 is 0. The van der Waals surface area contributed by atoms with Gasteiger partial charge in [-0.3, -0.25) is 9.35 Å². The molecular formula is C15H15F6NO8S2. The Morgan fingerprint density at radius 1 is 1.00 bits per heavy atom. The van der Waals surface area contributed by atoms with Gasteiger partial charge in [0, 0.05) is 12.0 Å². The lowest BCUT2D eigenvalue weighted by molar-refractivity contribution is -0.245. The SMILES string of the molecule is O=C(NS(=O)(=O)C(F)(F)C(F)(F)C(F)(F)S(=O)(=O)O)c1ccc(OC2CCCCO2)cc1. The lowest BCUT2D eigenvalue weighted by atomic mass is 10.2. The van der Waals surface area contributed by atoms with Gasteiger partial charge in [-0.25, -0.2) is 4.72 Å². The van der Waals surface area contributed by atoms with E-state index in [1.54, 1.807) is 0 Å². The van der Waals surface area contributed by atoms with Crippen LogP contribution in [0.4, 0.5) is 26.3 Å². The van der Waals surface area contributed by atoms with E-state index in [1.807, 2.05) is 0 Å². The number of halogens is 6. The third-order valence-corrected chi connectivity index (χ3v) is 6.43. The summed E-state index contributed by atoms with van der Waals surface area (Å²) in [6.07, 6.45) is 1.60. The monoisotopic (exact) mass is 515 g/mol. The Balaban J connectivity index is 2.20. The molecule has 1 aromatic rings. The zero-order valence-corrected chi connectivity index (χ0v) is 17.2. The van der Waals surface area contributed by atoms with Gasteiger partial charge in [0.05, 0.1) is 6.61 Å². The Labute approximate surface area is 177 Å². The average molecular weight is 515 g/mol. The maximum Gasteiger partial charge on any atom is 0.439 e. The first-order valence-electron chi connectivity index (χ1n) is 8.49. The highest BCUT2D eigenvalue weighted by molar-refractivity contribution is 7.91.